The number of hydrogen-bond donors (Lipinski definition) is 1. The van der Waals surface area contributed by atoms with Crippen LogP contribution in [0, 0.1) is 5.82 Å². The summed E-state index contributed by atoms with van der Waals surface area (Å²) in [5.41, 5.74) is 0.250. The van der Waals surface area contributed by atoms with Gasteiger partial charge in [0.2, 0.25) is 0 Å². The van der Waals surface area contributed by atoms with Crippen molar-refractivity contribution in [3.8, 4) is 0 Å². The maximum atomic E-state index is 13.6. The minimum atomic E-state index is -4.47. The Bertz CT molecular complexity index is 1090. The summed E-state index contributed by atoms with van der Waals surface area (Å²) in [6, 6.07) is 8.20. The second-order valence-electron chi connectivity index (χ2n) is 6.58. The van der Waals surface area contributed by atoms with Gasteiger partial charge in [-0.25, -0.2) is 9.18 Å². The van der Waals surface area contributed by atoms with Gasteiger partial charge in [0.1, 0.15) is 18.1 Å². The Hall–Kier alpha value is -3.36. The van der Waals surface area contributed by atoms with Gasteiger partial charge < -0.3 is 14.5 Å². The molecule has 0 amide bonds. The fourth-order valence-electron chi connectivity index (χ4n) is 2.97. The van der Waals surface area contributed by atoms with Crippen LogP contribution in [0.5, 0.6) is 0 Å². The SMILES string of the molecule is CCCON=C(Cn1cc(C(=O)O)c2cc(F)ccc21)c1ccc(C(F)(F)F)cc1. The monoisotopic (exact) mass is 422 g/mol. The van der Waals surface area contributed by atoms with Crippen molar-refractivity contribution in [2.75, 3.05) is 6.61 Å². The molecule has 0 aliphatic carbocycles. The van der Waals surface area contributed by atoms with Gasteiger partial charge in [-0.2, -0.15) is 13.2 Å². The van der Waals surface area contributed by atoms with Crippen LogP contribution in [0.4, 0.5) is 17.6 Å². The molecule has 1 heterocycles. The molecule has 9 heteroatoms. The highest BCUT2D eigenvalue weighted by Crippen LogP contribution is 2.29. The summed E-state index contributed by atoms with van der Waals surface area (Å²) < 4.78 is 53.7. The first-order valence-electron chi connectivity index (χ1n) is 9.09. The molecule has 1 N–H and O–H groups in total. The molecular weight excluding hydrogens is 404 g/mol. The molecule has 0 saturated heterocycles. The van der Waals surface area contributed by atoms with Gasteiger partial charge in [0.25, 0.3) is 0 Å². The third-order valence-electron chi connectivity index (χ3n) is 4.41. The molecule has 1 aromatic heterocycles. The quantitative estimate of drug-likeness (QED) is 0.242. The molecule has 0 fully saturated rings. The Morgan fingerprint density at radius 1 is 1.17 bits per heavy atom. The van der Waals surface area contributed by atoms with E-state index in [2.05, 4.69) is 5.16 Å². The van der Waals surface area contributed by atoms with Gasteiger partial charge >= 0.3 is 12.1 Å². The Morgan fingerprint density at radius 2 is 1.87 bits per heavy atom. The summed E-state index contributed by atoms with van der Waals surface area (Å²) in [6.07, 6.45) is -2.45. The molecule has 30 heavy (non-hydrogen) atoms. The molecular formula is C21H18F4N2O3. The van der Waals surface area contributed by atoms with Crippen LogP contribution < -0.4 is 0 Å². The van der Waals surface area contributed by atoms with Gasteiger partial charge in [-0.05, 0) is 36.8 Å². The third kappa shape index (κ3) is 4.61. The van der Waals surface area contributed by atoms with Crippen LogP contribution >= 0.6 is 0 Å². The molecule has 0 aliphatic rings. The Morgan fingerprint density at radius 3 is 2.47 bits per heavy atom. The first-order valence-corrected chi connectivity index (χ1v) is 9.09. The third-order valence-corrected chi connectivity index (χ3v) is 4.41. The highest BCUT2D eigenvalue weighted by molar-refractivity contribution is 6.05. The number of carboxylic acids is 1. The lowest BCUT2D eigenvalue weighted by molar-refractivity contribution is -0.137. The van der Waals surface area contributed by atoms with Gasteiger partial charge in [-0.15, -0.1) is 0 Å². The molecule has 3 rings (SSSR count). The van der Waals surface area contributed by atoms with Crippen LogP contribution in [0.25, 0.3) is 10.9 Å². The highest BCUT2D eigenvalue weighted by atomic mass is 19.4. The molecule has 0 radical (unpaired) electrons. The van der Waals surface area contributed by atoms with Crippen LogP contribution in [0.15, 0.2) is 53.8 Å². The fraction of sp³-hybridized carbons (Fsp3) is 0.238. The number of halogens is 4. The van der Waals surface area contributed by atoms with E-state index in [9.17, 15) is 27.5 Å². The Kier molecular flexibility index (Phi) is 6.09. The molecule has 2 aromatic carbocycles. The van der Waals surface area contributed by atoms with Crippen molar-refractivity contribution in [2.45, 2.75) is 26.1 Å². The second kappa shape index (κ2) is 8.56. The standard InChI is InChI=1S/C21H18F4N2O3/c1-2-9-30-26-18(13-3-5-14(6-4-13)21(23,24)25)12-27-11-17(20(28)29)16-10-15(22)7-8-19(16)27/h3-8,10-11H,2,9,12H2,1H3,(H,28,29). The predicted molar refractivity (Wildman–Crippen MR) is 103 cm³/mol. The smallest absolute Gasteiger partial charge is 0.416 e. The van der Waals surface area contributed by atoms with Crippen molar-refractivity contribution in [1.82, 2.24) is 4.57 Å². The topological polar surface area (TPSA) is 63.8 Å². The number of aromatic carboxylic acids is 1. The maximum Gasteiger partial charge on any atom is 0.416 e. The van der Waals surface area contributed by atoms with E-state index in [1.165, 1.54) is 30.5 Å². The number of hydrogen-bond acceptors (Lipinski definition) is 3. The highest BCUT2D eigenvalue weighted by Gasteiger charge is 2.30. The zero-order chi connectivity index (χ0) is 21.9. The summed E-state index contributed by atoms with van der Waals surface area (Å²) in [4.78, 5) is 16.8. The molecule has 0 aliphatic heterocycles. The fourth-order valence-corrected chi connectivity index (χ4v) is 2.97. The zero-order valence-electron chi connectivity index (χ0n) is 15.9. The summed E-state index contributed by atoms with van der Waals surface area (Å²) in [7, 11) is 0. The van der Waals surface area contributed by atoms with Crippen molar-refractivity contribution < 1.29 is 32.3 Å². The number of carbonyl (C=O) groups is 1. The van der Waals surface area contributed by atoms with Gasteiger partial charge in [0, 0.05) is 22.7 Å². The van der Waals surface area contributed by atoms with E-state index in [-0.39, 0.29) is 17.5 Å². The minimum absolute atomic E-state index is 0.0183. The van der Waals surface area contributed by atoms with Gasteiger partial charge in [0.15, 0.2) is 0 Å². The van der Waals surface area contributed by atoms with Crippen molar-refractivity contribution in [1.29, 1.82) is 0 Å². The first kappa shape index (κ1) is 21.4. The average molecular weight is 422 g/mol. The van der Waals surface area contributed by atoms with E-state index in [1.807, 2.05) is 6.92 Å². The lowest BCUT2D eigenvalue weighted by Gasteiger charge is -2.11. The van der Waals surface area contributed by atoms with Gasteiger partial charge in [-0.1, -0.05) is 24.2 Å². The number of aromatic nitrogens is 1. The van der Waals surface area contributed by atoms with Crippen LogP contribution in [0.1, 0.15) is 34.8 Å². The number of fused-ring (bicyclic) bond motifs is 1. The van der Waals surface area contributed by atoms with E-state index in [0.29, 0.717) is 29.8 Å². The maximum absolute atomic E-state index is 13.6. The predicted octanol–water partition coefficient (Wildman–Crippen LogP) is 5.33. The largest absolute Gasteiger partial charge is 0.478 e. The summed E-state index contributed by atoms with van der Waals surface area (Å²) in [6.45, 7) is 2.20. The molecule has 5 nitrogen and oxygen atoms in total. The minimum Gasteiger partial charge on any atom is -0.478 e. The molecule has 0 unspecified atom stereocenters. The normalized spacial score (nSPS) is 12.4. The second-order valence-corrected chi connectivity index (χ2v) is 6.58. The molecule has 0 atom stereocenters. The molecule has 0 bridgehead atoms. The average Bonchev–Trinajstić information content (AvgIpc) is 3.04. The van der Waals surface area contributed by atoms with Crippen molar-refractivity contribution in [3.63, 3.8) is 0 Å². The van der Waals surface area contributed by atoms with Crippen LogP contribution in [0.3, 0.4) is 0 Å². The van der Waals surface area contributed by atoms with Crippen molar-refractivity contribution in [3.05, 3.63) is 71.2 Å². The molecule has 158 valence electrons. The lowest BCUT2D eigenvalue weighted by Crippen LogP contribution is -2.13. The summed E-state index contributed by atoms with van der Waals surface area (Å²) in [5, 5.41) is 13.7. The Balaban J connectivity index is 2.02. The van der Waals surface area contributed by atoms with E-state index < -0.39 is 23.5 Å². The van der Waals surface area contributed by atoms with E-state index >= 15 is 0 Å². The summed E-state index contributed by atoms with van der Waals surface area (Å²) in [5.74, 6) is -1.80. The number of benzene rings is 2. The molecule has 0 saturated carbocycles. The van der Waals surface area contributed by atoms with Gasteiger partial charge in [-0.3, -0.25) is 0 Å². The van der Waals surface area contributed by atoms with Gasteiger partial charge in [0.05, 0.1) is 17.7 Å². The first-order chi connectivity index (χ1) is 14.2. The van der Waals surface area contributed by atoms with Crippen molar-refractivity contribution >= 4 is 22.6 Å². The molecule has 0 spiro atoms. The number of rotatable bonds is 7. The Labute approximate surface area is 169 Å². The lowest BCUT2D eigenvalue weighted by atomic mass is 10.1. The zero-order valence-corrected chi connectivity index (χ0v) is 15.9. The number of alkyl halides is 3. The number of nitrogens with zero attached hydrogens (tertiary/aromatic N) is 2. The summed E-state index contributed by atoms with van der Waals surface area (Å²) >= 11 is 0. The van der Waals surface area contributed by atoms with E-state index in [1.54, 1.807) is 4.57 Å². The van der Waals surface area contributed by atoms with Crippen molar-refractivity contribution in [2.24, 2.45) is 5.16 Å². The van der Waals surface area contributed by atoms with Crippen LogP contribution in [-0.2, 0) is 17.6 Å². The van der Waals surface area contributed by atoms with Crippen LogP contribution in [-0.4, -0.2) is 28.0 Å². The van der Waals surface area contributed by atoms with E-state index in [0.717, 1.165) is 18.2 Å². The van der Waals surface area contributed by atoms with Crippen LogP contribution in [0.2, 0.25) is 0 Å². The number of oxime groups is 1. The van der Waals surface area contributed by atoms with E-state index in [4.69, 9.17) is 4.84 Å². The molecule has 3 aromatic rings. The number of carboxylic acid groups (broad SMARTS) is 1.